The molecule has 1 atom stereocenters. The lowest BCUT2D eigenvalue weighted by atomic mass is 10.0. The summed E-state index contributed by atoms with van der Waals surface area (Å²) in [5.41, 5.74) is 2.77. The normalized spacial score (nSPS) is 12.2. The van der Waals surface area contributed by atoms with E-state index >= 15 is 0 Å². The highest BCUT2D eigenvalue weighted by Crippen LogP contribution is 2.20. The van der Waals surface area contributed by atoms with E-state index in [0.29, 0.717) is 6.54 Å². The second-order valence-corrected chi connectivity index (χ2v) is 5.83. The van der Waals surface area contributed by atoms with E-state index in [1.54, 1.807) is 7.11 Å². The van der Waals surface area contributed by atoms with Gasteiger partial charge in [0.1, 0.15) is 5.75 Å². The lowest BCUT2D eigenvalue weighted by Gasteiger charge is -2.18. The third-order valence-corrected chi connectivity index (χ3v) is 4.30. The molecule has 0 saturated heterocycles. The van der Waals surface area contributed by atoms with E-state index < -0.39 is 0 Å². The Labute approximate surface area is 141 Å². The molecular formula is C20H22N2O2. The Bertz CT molecular complexity index is 869. The Balaban J connectivity index is 1.77. The number of nitrogens with one attached hydrogen (secondary N) is 2. The van der Waals surface area contributed by atoms with Gasteiger partial charge in [0, 0.05) is 23.7 Å². The van der Waals surface area contributed by atoms with Crippen molar-refractivity contribution in [2.45, 2.75) is 25.9 Å². The van der Waals surface area contributed by atoms with Gasteiger partial charge < -0.3 is 15.0 Å². The molecule has 1 aromatic heterocycles. The average Bonchev–Trinajstić information content (AvgIpc) is 2.63. The van der Waals surface area contributed by atoms with Crippen LogP contribution in [0.4, 0.5) is 0 Å². The molecule has 3 aromatic rings. The van der Waals surface area contributed by atoms with Crippen molar-refractivity contribution >= 4 is 10.9 Å². The van der Waals surface area contributed by atoms with E-state index in [9.17, 15) is 4.79 Å². The summed E-state index contributed by atoms with van der Waals surface area (Å²) in [4.78, 5) is 15.2. The summed E-state index contributed by atoms with van der Waals surface area (Å²) in [6.45, 7) is 2.66. The van der Waals surface area contributed by atoms with Gasteiger partial charge >= 0.3 is 0 Å². The van der Waals surface area contributed by atoms with E-state index in [4.69, 9.17) is 4.74 Å². The topological polar surface area (TPSA) is 54.1 Å². The number of benzene rings is 2. The predicted molar refractivity (Wildman–Crippen MR) is 97.4 cm³/mol. The molecule has 2 N–H and O–H groups in total. The molecule has 0 fully saturated rings. The van der Waals surface area contributed by atoms with E-state index in [2.05, 4.69) is 29.4 Å². The number of H-pyrrole nitrogens is 1. The number of para-hydroxylation sites is 1. The number of aromatic nitrogens is 1. The van der Waals surface area contributed by atoms with Gasteiger partial charge in [0.2, 0.25) is 0 Å². The standard InChI is InChI=1S/C20H22N2O2/c1-3-18(14-8-10-17(24-2)11-9-14)21-13-16-12-15-6-4-5-7-19(15)22-20(16)23/h4-12,18,21H,3,13H2,1-2H3,(H,22,23). The summed E-state index contributed by atoms with van der Waals surface area (Å²) in [5, 5.41) is 4.53. The average molecular weight is 322 g/mol. The van der Waals surface area contributed by atoms with E-state index in [1.807, 2.05) is 42.5 Å². The summed E-state index contributed by atoms with van der Waals surface area (Å²) in [6.07, 6.45) is 0.942. The van der Waals surface area contributed by atoms with Gasteiger partial charge in [-0.15, -0.1) is 0 Å². The Morgan fingerprint density at radius 3 is 2.58 bits per heavy atom. The number of aromatic amines is 1. The van der Waals surface area contributed by atoms with Crippen LogP contribution in [-0.4, -0.2) is 12.1 Å². The quantitative estimate of drug-likeness (QED) is 0.726. The Morgan fingerprint density at radius 2 is 1.88 bits per heavy atom. The van der Waals surface area contributed by atoms with E-state index in [0.717, 1.165) is 28.6 Å². The smallest absolute Gasteiger partial charge is 0.252 e. The highest BCUT2D eigenvalue weighted by Gasteiger charge is 2.10. The highest BCUT2D eigenvalue weighted by atomic mass is 16.5. The monoisotopic (exact) mass is 322 g/mol. The minimum absolute atomic E-state index is 0.0363. The second kappa shape index (κ2) is 7.32. The molecule has 0 aliphatic rings. The molecule has 0 saturated carbocycles. The van der Waals surface area contributed by atoms with Crippen molar-refractivity contribution in [1.82, 2.24) is 10.3 Å². The van der Waals surface area contributed by atoms with Gasteiger partial charge in [0.25, 0.3) is 5.56 Å². The van der Waals surface area contributed by atoms with Crippen LogP contribution in [0.3, 0.4) is 0 Å². The summed E-state index contributed by atoms with van der Waals surface area (Å²) in [7, 11) is 1.66. The Kier molecular flexibility index (Phi) is 4.96. The molecule has 1 unspecified atom stereocenters. The fourth-order valence-corrected chi connectivity index (χ4v) is 2.89. The first-order chi connectivity index (χ1) is 11.7. The fraction of sp³-hybridized carbons (Fsp3) is 0.250. The zero-order chi connectivity index (χ0) is 16.9. The first-order valence-corrected chi connectivity index (χ1v) is 8.19. The van der Waals surface area contributed by atoms with Crippen molar-refractivity contribution in [1.29, 1.82) is 0 Å². The molecule has 24 heavy (non-hydrogen) atoms. The molecule has 0 aliphatic heterocycles. The molecule has 124 valence electrons. The molecule has 3 rings (SSSR count). The maximum Gasteiger partial charge on any atom is 0.252 e. The van der Waals surface area contributed by atoms with Crippen LogP contribution in [0.5, 0.6) is 5.75 Å². The molecule has 0 spiro atoms. The van der Waals surface area contributed by atoms with Gasteiger partial charge in [0.05, 0.1) is 7.11 Å². The maximum atomic E-state index is 12.2. The summed E-state index contributed by atoms with van der Waals surface area (Å²) >= 11 is 0. The van der Waals surface area contributed by atoms with Gasteiger partial charge in [-0.3, -0.25) is 4.79 Å². The number of pyridine rings is 1. The van der Waals surface area contributed by atoms with Crippen molar-refractivity contribution in [3.63, 3.8) is 0 Å². The lowest BCUT2D eigenvalue weighted by Crippen LogP contribution is -2.24. The third kappa shape index (κ3) is 3.49. The van der Waals surface area contributed by atoms with Crippen LogP contribution < -0.4 is 15.6 Å². The number of ether oxygens (including phenoxy) is 1. The number of hydrogen-bond acceptors (Lipinski definition) is 3. The second-order valence-electron chi connectivity index (χ2n) is 5.83. The summed E-state index contributed by atoms with van der Waals surface area (Å²) in [5.74, 6) is 0.847. The van der Waals surface area contributed by atoms with Gasteiger partial charge in [-0.1, -0.05) is 37.3 Å². The van der Waals surface area contributed by atoms with Crippen LogP contribution in [-0.2, 0) is 6.54 Å². The van der Waals surface area contributed by atoms with Crippen molar-refractivity contribution in [3.05, 3.63) is 76.1 Å². The third-order valence-electron chi connectivity index (χ3n) is 4.30. The van der Waals surface area contributed by atoms with Gasteiger partial charge in [0.15, 0.2) is 0 Å². The van der Waals surface area contributed by atoms with Crippen molar-refractivity contribution in [3.8, 4) is 5.75 Å². The highest BCUT2D eigenvalue weighted by molar-refractivity contribution is 5.78. The molecule has 1 heterocycles. The molecule has 4 heteroatoms. The minimum Gasteiger partial charge on any atom is -0.497 e. The number of hydrogen-bond donors (Lipinski definition) is 2. The maximum absolute atomic E-state index is 12.2. The summed E-state index contributed by atoms with van der Waals surface area (Å²) < 4.78 is 5.20. The zero-order valence-electron chi connectivity index (χ0n) is 14.0. The van der Waals surface area contributed by atoms with Crippen LogP contribution in [0.2, 0.25) is 0 Å². The fourth-order valence-electron chi connectivity index (χ4n) is 2.89. The zero-order valence-corrected chi connectivity index (χ0v) is 14.0. The van der Waals surface area contributed by atoms with E-state index in [-0.39, 0.29) is 11.6 Å². The molecule has 0 aliphatic carbocycles. The van der Waals surface area contributed by atoms with Crippen molar-refractivity contribution in [2.75, 3.05) is 7.11 Å². The molecule has 4 nitrogen and oxygen atoms in total. The van der Waals surface area contributed by atoms with Crippen LogP contribution in [0.1, 0.15) is 30.5 Å². The lowest BCUT2D eigenvalue weighted by molar-refractivity contribution is 0.414. The van der Waals surface area contributed by atoms with Gasteiger partial charge in [-0.25, -0.2) is 0 Å². The van der Waals surface area contributed by atoms with Crippen LogP contribution in [0.25, 0.3) is 10.9 Å². The summed E-state index contributed by atoms with van der Waals surface area (Å²) in [6, 6.07) is 18.0. The largest absolute Gasteiger partial charge is 0.497 e. The molecule has 0 amide bonds. The van der Waals surface area contributed by atoms with E-state index in [1.165, 1.54) is 5.56 Å². The number of methoxy groups -OCH3 is 1. The number of rotatable bonds is 6. The van der Waals surface area contributed by atoms with Gasteiger partial charge in [-0.2, -0.15) is 0 Å². The first-order valence-electron chi connectivity index (χ1n) is 8.19. The minimum atomic E-state index is -0.0363. The first kappa shape index (κ1) is 16.3. The van der Waals surface area contributed by atoms with Crippen LogP contribution in [0.15, 0.2) is 59.4 Å². The van der Waals surface area contributed by atoms with Crippen molar-refractivity contribution < 1.29 is 4.74 Å². The molecule has 0 bridgehead atoms. The number of fused-ring (bicyclic) bond motifs is 1. The van der Waals surface area contributed by atoms with Gasteiger partial charge in [-0.05, 0) is 41.6 Å². The van der Waals surface area contributed by atoms with Crippen molar-refractivity contribution in [2.24, 2.45) is 0 Å². The van der Waals surface area contributed by atoms with Crippen LogP contribution >= 0.6 is 0 Å². The van der Waals surface area contributed by atoms with Crippen LogP contribution in [0, 0.1) is 0 Å². The predicted octanol–water partition coefficient (Wildman–Crippen LogP) is 3.78. The SMILES string of the molecule is CCC(NCc1cc2ccccc2[nH]c1=O)c1ccc(OC)cc1. The molecule has 2 aromatic carbocycles. The molecule has 0 radical (unpaired) electrons. The Hall–Kier alpha value is -2.59. The Morgan fingerprint density at radius 1 is 1.12 bits per heavy atom. The molecular weight excluding hydrogens is 300 g/mol.